The number of ether oxygens (including phenoxy) is 2. The number of H-pyrrole nitrogens is 1. The van der Waals surface area contributed by atoms with E-state index in [1.165, 1.54) is 18.3 Å². The summed E-state index contributed by atoms with van der Waals surface area (Å²) in [6.45, 7) is 0. The fourth-order valence-corrected chi connectivity index (χ4v) is 3.60. The molecular formula is C24H20FN7O3. The Morgan fingerprint density at radius 3 is 2.54 bits per heavy atom. The number of hydrogen-bond donors (Lipinski definition) is 2. The van der Waals surface area contributed by atoms with E-state index in [2.05, 4.69) is 25.6 Å². The molecule has 0 bridgehead atoms. The number of nitrogens with zero attached hydrogens (tertiary/aromatic N) is 5. The minimum absolute atomic E-state index is 0.0795. The normalized spacial score (nSPS) is 10.8. The molecule has 5 rings (SSSR count). The number of rotatable bonds is 7. The van der Waals surface area contributed by atoms with Gasteiger partial charge in [0.1, 0.15) is 22.9 Å². The highest BCUT2D eigenvalue weighted by molar-refractivity contribution is 6.05. The van der Waals surface area contributed by atoms with Crippen molar-refractivity contribution in [3.8, 4) is 34.4 Å². The lowest BCUT2D eigenvalue weighted by Crippen LogP contribution is -2.16. The van der Waals surface area contributed by atoms with Crippen molar-refractivity contribution in [2.75, 3.05) is 19.5 Å². The molecule has 0 unspecified atom stereocenters. The van der Waals surface area contributed by atoms with Gasteiger partial charge < -0.3 is 14.0 Å². The predicted molar refractivity (Wildman–Crippen MR) is 126 cm³/mol. The third kappa shape index (κ3) is 4.22. The van der Waals surface area contributed by atoms with Crippen LogP contribution in [0.2, 0.25) is 0 Å². The van der Waals surface area contributed by atoms with Gasteiger partial charge in [-0.1, -0.05) is 0 Å². The molecule has 10 nitrogen and oxygen atoms in total. The van der Waals surface area contributed by atoms with Crippen molar-refractivity contribution >= 4 is 11.9 Å². The van der Waals surface area contributed by atoms with Crippen LogP contribution in [-0.2, 0) is 0 Å². The van der Waals surface area contributed by atoms with Crippen molar-refractivity contribution in [1.29, 1.82) is 0 Å². The molecule has 3 aromatic heterocycles. The summed E-state index contributed by atoms with van der Waals surface area (Å²) in [7, 11) is 3.11. The zero-order chi connectivity index (χ0) is 24.4. The number of hydrogen-bond acceptors (Lipinski definition) is 6. The molecule has 1 amide bonds. The molecule has 176 valence electrons. The van der Waals surface area contributed by atoms with E-state index in [0.29, 0.717) is 34.4 Å². The first-order valence-corrected chi connectivity index (χ1v) is 10.5. The number of nitrogens with one attached hydrogen (secondary N) is 2. The van der Waals surface area contributed by atoms with Crippen LogP contribution in [0.4, 0.5) is 10.3 Å². The lowest BCUT2D eigenvalue weighted by molar-refractivity contribution is 0.102. The molecule has 0 saturated heterocycles. The van der Waals surface area contributed by atoms with E-state index in [1.54, 1.807) is 66.2 Å². The van der Waals surface area contributed by atoms with Gasteiger partial charge in [0.15, 0.2) is 11.6 Å². The largest absolute Gasteiger partial charge is 0.497 e. The number of methoxy groups -OCH3 is 2. The summed E-state index contributed by atoms with van der Waals surface area (Å²) in [6.07, 6.45) is 5.01. The SMILES string of the molecule is COc1ccc(-c2nc(NC(=O)c3cnn(-c4ccc(F)cc4)c3-n3cccc3)n[nH]2)c(OC)c1. The average molecular weight is 473 g/mol. The van der Waals surface area contributed by atoms with Gasteiger partial charge in [-0.2, -0.15) is 10.1 Å². The Kier molecular flexibility index (Phi) is 5.71. The lowest BCUT2D eigenvalue weighted by atomic mass is 10.2. The molecule has 0 atom stereocenters. The van der Waals surface area contributed by atoms with Gasteiger partial charge in [0.2, 0.25) is 5.95 Å². The number of carbonyl (C=O) groups is 1. The lowest BCUT2D eigenvalue weighted by Gasteiger charge is -2.10. The van der Waals surface area contributed by atoms with Crippen LogP contribution in [0.25, 0.3) is 22.9 Å². The van der Waals surface area contributed by atoms with Crippen LogP contribution in [0.15, 0.2) is 73.2 Å². The fourth-order valence-electron chi connectivity index (χ4n) is 3.60. The van der Waals surface area contributed by atoms with Crippen LogP contribution in [-0.4, -0.2) is 49.7 Å². The molecule has 0 aliphatic heterocycles. The first-order chi connectivity index (χ1) is 17.1. The highest BCUT2D eigenvalue weighted by Crippen LogP contribution is 2.31. The van der Waals surface area contributed by atoms with Crippen LogP contribution in [0.3, 0.4) is 0 Å². The summed E-state index contributed by atoms with van der Waals surface area (Å²) >= 11 is 0. The van der Waals surface area contributed by atoms with Crippen molar-refractivity contribution < 1.29 is 18.7 Å². The molecule has 2 N–H and O–H groups in total. The van der Waals surface area contributed by atoms with Crippen LogP contribution in [0, 0.1) is 5.82 Å². The van der Waals surface area contributed by atoms with Gasteiger partial charge in [-0.15, -0.1) is 5.10 Å². The van der Waals surface area contributed by atoms with E-state index in [4.69, 9.17) is 9.47 Å². The Balaban J connectivity index is 1.46. The molecular weight excluding hydrogens is 453 g/mol. The Labute approximate surface area is 199 Å². The molecule has 11 heteroatoms. The Bertz CT molecular complexity index is 1470. The zero-order valence-corrected chi connectivity index (χ0v) is 18.8. The zero-order valence-electron chi connectivity index (χ0n) is 18.8. The Hall–Kier alpha value is -4.93. The smallest absolute Gasteiger partial charge is 0.263 e. The van der Waals surface area contributed by atoms with Crippen LogP contribution < -0.4 is 14.8 Å². The third-order valence-electron chi connectivity index (χ3n) is 5.28. The molecule has 35 heavy (non-hydrogen) atoms. The minimum Gasteiger partial charge on any atom is -0.497 e. The first-order valence-electron chi connectivity index (χ1n) is 10.5. The van der Waals surface area contributed by atoms with Crippen LogP contribution in [0.5, 0.6) is 11.5 Å². The van der Waals surface area contributed by atoms with E-state index >= 15 is 0 Å². The van der Waals surface area contributed by atoms with E-state index in [-0.39, 0.29) is 17.3 Å². The highest BCUT2D eigenvalue weighted by Gasteiger charge is 2.22. The van der Waals surface area contributed by atoms with Crippen molar-refractivity contribution in [1.82, 2.24) is 29.5 Å². The van der Waals surface area contributed by atoms with Crippen molar-refractivity contribution in [3.63, 3.8) is 0 Å². The standard InChI is InChI=1S/C24H20FN7O3/c1-34-17-9-10-18(20(13-17)35-2)21-27-24(30-29-21)28-22(33)19-14-26-32(16-7-5-15(25)6-8-16)23(19)31-11-3-4-12-31/h3-14H,1-2H3,(H2,27,28,29,30,33). The highest BCUT2D eigenvalue weighted by atomic mass is 19.1. The second kappa shape index (κ2) is 9.14. The quantitative estimate of drug-likeness (QED) is 0.371. The van der Waals surface area contributed by atoms with Crippen molar-refractivity contribution in [2.24, 2.45) is 0 Å². The molecule has 5 aromatic rings. The van der Waals surface area contributed by atoms with Gasteiger partial charge in [-0.05, 0) is 48.5 Å². The molecule has 0 radical (unpaired) electrons. The number of amides is 1. The number of aromatic nitrogens is 6. The summed E-state index contributed by atoms with van der Waals surface area (Å²) in [4.78, 5) is 17.6. The van der Waals surface area contributed by atoms with Gasteiger partial charge in [0, 0.05) is 18.5 Å². The number of benzene rings is 2. The summed E-state index contributed by atoms with van der Waals surface area (Å²) < 4.78 is 27.4. The van der Waals surface area contributed by atoms with Gasteiger partial charge in [-0.25, -0.2) is 9.07 Å². The summed E-state index contributed by atoms with van der Waals surface area (Å²) in [6, 6.07) is 14.8. The summed E-state index contributed by atoms with van der Waals surface area (Å²) in [5, 5.41) is 14.0. The molecule has 0 spiro atoms. The van der Waals surface area contributed by atoms with Gasteiger partial charge in [0.25, 0.3) is 5.91 Å². The Morgan fingerprint density at radius 2 is 1.83 bits per heavy atom. The number of aromatic amines is 1. The second-order valence-corrected chi connectivity index (χ2v) is 7.39. The molecule has 0 aliphatic rings. The van der Waals surface area contributed by atoms with Crippen molar-refractivity contribution in [2.45, 2.75) is 0 Å². The van der Waals surface area contributed by atoms with E-state index < -0.39 is 5.91 Å². The van der Waals surface area contributed by atoms with Crippen LogP contribution >= 0.6 is 0 Å². The minimum atomic E-state index is -0.464. The van der Waals surface area contributed by atoms with Gasteiger partial charge >= 0.3 is 0 Å². The average Bonchev–Trinajstić information content (AvgIpc) is 3.64. The predicted octanol–water partition coefficient (Wildman–Crippen LogP) is 3.86. The molecule has 0 fully saturated rings. The molecule has 0 saturated carbocycles. The third-order valence-corrected chi connectivity index (χ3v) is 5.28. The number of anilines is 1. The maximum Gasteiger partial charge on any atom is 0.263 e. The fraction of sp³-hybridized carbons (Fsp3) is 0.0833. The van der Waals surface area contributed by atoms with E-state index in [1.807, 2.05) is 12.1 Å². The maximum atomic E-state index is 13.4. The topological polar surface area (TPSA) is 112 Å². The Morgan fingerprint density at radius 1 is 1.06 bits per heavy atom. The first kappa shape index (κ1) is 21.9. The molecule has 3 heterocycles. The summed E-state index contributed by atoms with van der Waals surface area (Å²) in [5.74, 6) is 1.31. The second-order valence-electron chi connectivity index (χ2n) is 7.39. The molecule has 2 aromatic carbocycles. The number of carbonyl (C=O) groups excluding carboxylic acids is 1. The number of halogens is 1. The summed E-state index contributed by atoms with van der Waals surface area (Å²) in [5.41, 5.74) is 1.53. The van der Waals surface area contributed by atoms with E-state index in [0.717, 1.165) is 0 Å². The van der Waals surface area contributed by atoms with Gasteiger partial charge in [0.05, 0.1) is 31.7 Å². The monoisotopic (exact) mass is 473 g/mol. The van der Waals surface area contributed by atoms with Gasteiger partial charge in [-0.3, -0.25) is 15.2 Å². The van der Waals surface area contributed by atoms with Crippen LogP contribution in [0.1, 0.15) is 10.4 Å². The van der Waals surface area contributed by atoms with E-state index in [9.17, 15) is 9.18 Å². The molecule has 0 aliphatic carbocycles. The van der Waals surface area contributed by atoms with Crippen molar-refractivity contribution in [3.05, 3.63) is 84.6 Å². The maximum absolute atomic E-state index is 13.4.